The molecule has 5 aromatic rings. The smallest absolute Gasteiger partial charge is 0.270 e. The zero-order chi connectivity index (χ0) is 22.8. The number of nitrogens with one attached hydrogen (secondary N) is 1. The molecule has 8 nitrogen and oxygen atoms in total. The molecule has 1 amide bonds. The number of H-pyrrole nitrogens is 1. The fourth-order valence-corrected chi connectivity index (χ4v) is 3.74. The minimum atomic E-state index is -0.495. The second-order valence-corrected chi connectivity index (χ2v) is 7.58. The summed E-state index contributed by atoms with van der Waals surface area (Å²) in [4.78, 5) is 52.1. The van der Waals surface area contributed by atoms with E-state index in [1.54, 1.807) is 48.7 Å². The lowest BCUT2D eigenvalue weighted by atomic mass is 10.2. The number of aromatic nitrogens is 4. The molecule has 0 aliphatic rings. The summed E-state index contributed by atoms with van der Waals surface area (Å²) in [6.45, 7) is 0.248. The van der Waals surface area contributed by atoms with E-state index in [0.717, 1.165) is 5.56 Å². The molecular formula is C25H19N5O3. The van der Waals surface area contributed by atoms with E-state index in [1.807, 2.05) is 30.3 Å². The van der Waals surface area contributed by atoms with Gasteiger partial charge in [-0.3, -0.25) is 18.8 Å². The summed E-state index contributed by atoms with van der Waals surface area (Å²) in [5.41, 5.74) is 1.07. The number of hydrogen-bond donors (Lipinski definition) is 1. The number of nitrogens with zero attached hydrogens (tertiary/aromatic N) is 4. The van der Waals surface area contributed by atoms with Crippen LogP contribution < -0.4 is 11.1 Å². The zero-order valence-corrected chi connectivity index (χ0v) is 17.5. The summed E-state index contributed by atoms with van der Waals surface area (Å²) in [6.07, 6.45) is 2.87. The van der Waals surface area contributed by atoms with Crippen LogP contribution in [0.15, 0.2) is 94.8 Å². The first-order chi connectivity index (χ1) is 16.1. The molecule has 0 fully saturated rings. The molecule has 2 aromatic carbocycles. The van der Waals surface area contributed by atoms with Gasteiger partial charge in [-0.25, -0.2) is 9.97 Å². The Bertz CT molecular complexity index is 1590. The van der Waals surface area contributed by atoms with Gasteiger partial charge in [0.05, 0.1) is 17.4 Å². The summed E-state index contributed by atoms with van der Waals surface area (Å²) in [5.74, 6) is -0.165. The number of rotatable bonds is 5. The minimum Gasteiger partial charge on any atom is -0.327 e. The van der Waals surface area contributed by atoms with Crippen molar-refractivity contribution >= 4 is 22.5 Å². The van der Waals surface area contributed by atoms with E-state index in [-0.39, 0.29) is 24.2 Å². The van der Waals surface area contributed by atoms with Crippen LogP contribution in [0.25, 0.3) is 16.6 Å². The molecule has 3 aromatic heterocycles. The van der Waals surface area contributed by atoms with E-state index in [0.29, 0.717) is 22.4 Å². The van der Waals surface area contributed by atoms with Crippen molar-refractivity contribution in [2.45, 2.75) is 13.1 Å². The third-order valence-corrected chi connectivity index (χ3v) is 5.35. The van der Waals surface area contributed by atoms with Crippen LogP contribution in [0.4, 0.5) is 0 Å². The van der Waals surface area contributed by atoms with Gasteiger partial charge in [0.25, 0.3) is 17.0 Å². The second-order valence-electron chi connectivity index (χ2n) is 7.58. The number of aromatic amines is 1. The summed E-state index contributed by atoms with van der Waals surface area (Å²) in [6, 6.07) is 21.6. The first-order valence-corrected chi connectivity index (χ1v) is 10.4. The highest BCUT2D eigenvalue weighted by Crippen LogP contribution is 2.13. The maximum absolute atomic E-state index is 13.5. The second kappa shape index (κ2) is 8.51. The lowest BCUT2D eigenvalue weighted by Gasteiger charge is -2.22. The van der Waals surface area contributed by atoms with Gasteiger partial charge in [0, 0.05) is 18.9 Å². The van der Waals surface area contributed by atoms with Crippen molar-refractivity contribution in [2.75, 3.05) is 0 Å². The number of hydrogen-bond acceptors (Lipinski definition) is 5. The van der Waals surface area contributed by atoms with Gasteiger partial charge in [-0.1, -0.05) is 48.5 Å². The van der Waals surface area contributed by atoms with Gasteiger partial charge in [0.2, 0.25) is 0 Å². The van der Waals surface area contributed by atoms with E-state index < -0.39 is 11.5 Å². The van der Waals surface area contributed by atoms with Crippen molar-refractivity contribution in [1.82, 2.24) is 24.3 Å². The maximum atomic E-state index is 13.5. The maximum Gasteiger partial charge on any atom is 0.270 e. The van der Waals surface area contributed by atoms with Crippen LogP contribution in [0.3, 0.4) is 0 Å². The summed E-state index contributed by atoms with van der Waals surface area (Å²) < 4.78 is 1.34. The highest BCUT2D eigenvalue weighted by Gasteiger charge is 2.22. The molecule has 3 heterocycles. The number of fused-ring (bicyclic) bond motifs is 2. The lowest BCUT2D eigenvalue weighted by molar-refractivity contribution is 0.0723. The zero-order valence-electron chi connectivity index (χ0n) is 17.5. The quantitative estimate of drug-likeness (QED) is 0.456. The standard InChI is InChI=1S/C25H19N5O3/c31-23-18-10-4-5-11-20(18)27-21(28-23)16-29(15-17-8-2-1-3-9-17)24(32)19-14-26-22-12-6-7-13-30(22)25(19)33/h1-14H,15-16H2,(H,27,28,31). The van der Waals surface area contributed by atoms with Gasteiger partial charge in [-0.15, -0.1) is 0 Å². The highest BCUT2D eigenvalue weighted by atomic mass is 16.2. The topological polar surface area (TPSA) is 100 Å². The van der Waals surface area contributed by atoms with Crippen LogP contribution in [0.1, 0.15) is 21.7 Å². The third kappa shape index (κ3) is 4.01. The predicted octanol–water partition coefficient (Wildman–Crippen LogP) is 2.77. The first-order valence-electron chi connectivity index (χ1n) is 10.4. The van der Waals surface area contributed by atoms with Crippen LogP contribution >= 0.6 is 0 Å². The number of para-hydroxylation sites is 1. The van der Waals surface area contributed by atoms with Crippen LogP contribution in [-0.4, -0.2) is 30.2 Å². The molecule has 0 saturated heterocycles. The highest BCUT2D eigenvalue weighted by molar-refractivity contribution is 5.93. The van der Waals surface area contributed by atoms with Crippen LogP contribution in [0, 0.1) is 0 Å². The van der Waals surface area contributed by atoms with E-state index >= 15 is 0 Å². The largest absolute Gasteiger partial charge is 0.327 e. The number of benzene rings is 2. The van der Waals surface area contributed by atoms with Crippen molar-refractivity contribution in [3.05, 3.63) is 123 Å². The molecule has 0 bridgehead atoms. The minimum absolute atomic E-state index is 0.0186. The monoisotopic (exact) mass is 437 g/mol. The fourth-order valence-electron chi connectivity index (χ4n) is 3.74. The van der Waals surface area contributed by atoms with Crippen molar-refractivity contribution in [3.63, 3.8) is 0 Å². The molecule has 0 atom stereocenters. The predicted molar refractivity (Wildman–Crippen MR) is 124 cm³/mol. The number of carbonyl (C=O) groups excluding carboxylic acids is 1. The SMILES string of the molecule is O=C(c1cnc2ccccn2c1=O)N(Cc1ccccc1)Cc1nc2ccccc2c(=O)[nH]1. The number of amides is 1. The van der Waals surface area contributed by atoms with Crippen molar-refractivity contribution in [3.8, 4) is 0 Å². The van der Waals surface area contributed by atoms with Gasteiger partial charge < -0.3 is 9.88 Å². The number of pyridine rings is 1. The van der Waals surface area contributed by atoms with Gasteiger partial charge in [0.15, 0.2) is 0 Å². The summed E-state index contributed by atoms with van der Waals surface area (Å²) in [5, 5.41) is 0.471. The molecular weight excluding hydrogens is 418 g/mol. The number of carbonyl (C=O) groups is 1. The Morgan fingerprint density at radius 3 is 2.52 bits per heavy atom. The van der Waals surface area contributed by atoms with Crippen molar-refractivity contribution in [2.24, 2.45) is 0 Å². The molecule has 5 rings (SSSR count). The molecule has 0 aliphatic carbocycles. The van der Waals surface area contributed by atoms with Gasteiger partial charge >= 0.3 is 0 Å². The Labute approximate surface area is 187 Å². The van der Waals surface area contributed by atoms with Gasteiger partial charge in [0.1, 0.15) is 17.0 Å². The molecule has 0 aliphatic heterocycles. The summed E-state index contributed by atoms with van der Waals surface area (Å²) in [7, 11) is 0. The Hall–Kier alpha value is -4.59. The molecule has 0 unspecified atom stereocenters. The Morgan fingerprint density at radius 2 is 1.67 bits per heavy atom. The molecule has 162 valence electrons. The van der Waals surface area contributed by atoms with Crippen molar-refractivity contribution < 1.29 is 4.79 Å². The Balaban J connectivity index is 1.56. The van der Waals surface area contributed by atoms with Gasteiger partial charge in [-0.05, 0) is 29.8 Å². The average molecular weight is 437 g/mol. The van der Waals surface area contributed by atoms with Crippen LogP contribution in [0.2, 0.25) is 0 Å². The molecule has 33 heavy (non-hydrogen) atoms. The third-order valence-electron chi connectivity index (χ3n) is 5.35. The van der Waals surface area contributed by atoms with Crippen LogP contribution in [-0.2, 0) is 13.1 Å². The Morgan fingerprint density at radius 1 is 0.909 bits per heavy atom. The van der Waals surface area contributed by atoms with Gasteiger partial charge in [-0.2, -0.15) is 0 Å². The van der Waals surface area contributed by atoms with Crippen molar-refractivity contribution in [1.29, 1.82) is 0 Å². The molecule has 1 N–H and O–H groups in total. The Kier molecular flexibility index (Phi) is 5.24. The fraction of sp³-hybridized carbons (Fsp3) is 0.0800. The summed E-state index contributed by atoms with van der Waals surface area (Å²) >= 11 is 0. The van der Waals surface area contributed by atoms with Crippen LogP contribution in [0.5, 0.6) is 0 Å². The normalized spacial score (nSPS) is 11.0. The van der Waals surface area contributed by atoms with E-state index in [9.17, 15) is 14.4 Å². The molecule has 0 spiro atoms. The van der Waals surface area contributed by atoms with E-state index in [4.69, 9.17) is 0 Å². The lowest BCUT2D eigenvalue weighted by Crippen LogP contribution is -2.36. The molecule has 0 saturated carbocycles. The first kappa shape index (κ1) is 20.3. The molecule has 8 heteroatoms. The molecule has 0 radical (unpaired) electrons. The van der Waals surface area contributed by atoms with E-state index in [1.165, 1.54) is 15.5 Å². The average Bonchev–Trinajstić information content (AvgIpc) is 2.84. The van der Waals surface area contributed by atoms with E-state index in [2.05, 4.69) is 15.0 Å².